The van der Waals surface area contributed by atoms with E-state index in [-0.39, 0.29) is 26.5 Å². The van der Waals surface area contributed by atoms with Crippen LogP contribution in [0.5, 0.6) is 11.5 Å². The van der Waals surface area contributed by atoms with Crippen molar-refractivity contribution < 1.29 is 25.8 Å². The van der Waals surface area contributed by atoms with Gasteiger partial charge < -0.3 is 19.1 Å². The summed E-state index contributed by atoms with van der Waals surface area (Å²) in [6.07, 6.45) is 3.72. The Labute approximate surface area is 331 Å². The van der Waals surface area contributed by atoms with E-state index < -0.39 is 0 Å². The van der Waals surface area contributed by atoms with Gasteiger partial charge in [-0.3, -0.25) is 0 Å². The molecule has 0 spiro atoms. The molecule has 0 radical (unpaired) electrons. The molecule has 6 nitrogen and oxygen atoms in total. The topological polar surface area (TPSA) is 46.4 Å². The van der Waals surface area contributed by atoms with Gasteiger partial charge in [-0.05, 0) is 94.9 Å². The summed E-state index contributed by atoms with van der Waals surface area (Å²) in [5.41, 5.74) is 10.9. The average Bonchev–Trinajstić information content (AvgIpc) is 3.71. The minimum absolute atomic E-state index is 0. The van der Waals surface area contributed by atoms with Crippen molar-refractivity contribution in [3.63, 3.8) is 0 Å². The van der Waals surface area contributed by atoms with Gasteiger partial charge in [-0.25, -0.2) is 9.97 Å². The Morgan fingerprint density at radius 1 is 0.648 bits per heavy atom. The summed E-state index contributed by atoms with van der Waals surface area (Å²) >= 11 is 0. The standard InChI is InChI=1S/C47H38N5O.Pt/c1-31-25-34(33-13-7-6-8-14-33)26-32(2)45(31)51-30-50(46-42(51)19-12-23-49-46)36-15-11-16-37(28-36)53-38-20-21-40-39-17-9-10-18-41(39)52(43(40)29-38)44-27-35(22-24-48-44)47(3,4)5;/h6-27,30H,1-5H3;/q-3;. The normalized spacial score (nSPS) is 12.6. The molecule has 1 aliphatic heterocycles. The maximum Gasteiger partial charge on any atom is 0.135 e. The number of hydrogen-bond donors (Lipinski definition) is 0. The molecule has 0 N–H and O–H groups in total. The van der Waals surface area contributed by atoms with Crippen molar-refractivity contribution in [1.29, 1.82) is 0 Å². The average molecular weight is 884 g/mol. The molecule has 54 heavy (non-hydrogen) atoms. The molecule has 5 aromatic carbocycles. The van der Waals surface area contributed by atoms with E-state index in [2.05, 4.69) is 159 Å². The van der Waals surface area contributed by atoms with Crippen LogP contribution in [0.15, 0.2) is 134 Å². The second-order valence-electron chi connectivity index (χ2n) is 14.6. The van der Waals surface area contributed by atoms with Crippen LogP contribution in [0.4, 0.5) is 22.9 Å². The molecule has 270 valence electrons. The fraction of sp³-hybridized carbons (Fsp3) is 0.128. The molecule has 3 aromatic heterocycles. The zero-order valence-electron chi connectivity index (χ0n) is 30.7. The summed E-state index contributed by atoms with van der Waals surface area (Å²) in [6.45, 7) is 13.1. The van der Waals surface area contributed by atoms with Crippen LogP contribution in [0.3, 0.4) is 0 Å². The van der Waals surface area contributed by atoms with E-state index in [0.717, 1.165) is 50.5 Å². The Balaban J connectivity index is 0.00000413. The maximum atomic E-state index is 6.53. The molecule has 0 atom stereocenters. The number of pyridine rings is 2. The first-order valence-corrected chi connectivity index (χ1v) is 17.9. The van der Waals surface area contributed by atoms with Crippen LogP contribution in [-0.2, 0) is 26.5 Å². The number of fused-ring (bicyclic) bond motifs is 4. The minimum atomic E-state index is -0.0141. The first-order valence-electron chi connectivity index (χ1n) is 17.9. The SMILES string of the molecule is Cc1cc(-c2ccccc2)cc(C)c1N1[CH-]N(c2[c-]c(Oc3[c-]c4c(cc3)c3ccccc3n4-c3cc(C(C)(C)C)ccn3)ccc2)c2ncccc21.[Pt]. The van der Waals surface area contributed by atoms with Crippen LogP contribution in [0.1, 0.15) is 37.5 Å². The molecular weight excluding hydrogens is 846 g/mol. The molecule has 0 aliphatic carbocycles. The number of nitrogens with zero attached hydrogens (tertiary/aromatic N) is 5. The van der Waals surface area contributed by atoms with Gasteiger partial charge in [-0.1, -0.05) is 80.5 Å². The van der Waals surface area contributed by atoms with Gasteiger partial charge in [0.05, 0.1) is 5.69 Å². The Kier molecular flexibility index (Phi) is 9.11. The van der Waals surface area contributed by atoms with E-state index in [1.165, 1.54) is 27.8 Å². The summed E-state index contributed by atoms with van der Waals surface area (Å²) in [6, 6.07) is 48.9. The minimum Gasteiger partial charge on any atom is -0.509 e. The summed E-state index contributed by atoms with van der Waals surface area (Å²) in [5.74, 6) is 2.86. The largest absolute Gasteiger partial charge is 0.509 e. The van der Waals surface area contributed by atoms with Crippen molar-refractivity contribution in [2.45, 2.75) is 40.0 Å². The van der Waals surface area contributed by atoms with Gasteiger partial charge in [-0.2, -0.15) is 12.1 Å². The van der Waals surface area contributed by atoms with Crippen molar-refractivity contribution in [1.82, 2.24) is 14.5 Å². The second-order valence-corrected chi connectivity index (χ2v) is 14.6. The van der Waals surface area contributed by atoms with Gasteiger partial charge in [0.25, 0.3) is 0 Å². The molecule has 0 saturated heterocycles. The zero-order chi connectivity index (χ0) is 36.3. The molecule has 7 heteroatoms. The Morgan fingerprint density at radius 2 is 1.41 bits per heavy atom. The molecule has 0 fully saturated rings. The number of aromatic nitrogens is 3. The van der Waals surface area contributed by atoms with Crippen LogP contribution in [0, 0.1) is 32.6 Å². The summed E-state index contributed by atoms with van der Waals surface area (Å²) < 4.78 is 8.71. The van der Waals surface area contributed by atoms with Crippen molar-refractivity contribution >= 4 is 44.7 Å². The molecule has 9 rings (SSSR count). The van der Waals surface area contributed by atoms with E-state index in [1.54, 1.807) is 0 Å². The van der Waals surface area contributed by atoms with Gasteiger partial charge in [0.15, 0.2) is 0 Å². The monoisotopic (exact) mass is 883 g/mol. The molecule has 0 amide bonds. The van der Waals surface area contributed by atoms with Gasteiger partial charge in [0, 0.05) is 56.2 Å². The first-order chi connectivity index (χ1) is 25.7. The van der Waals surface area contributed by atoms with Crippen molar-refractivity contribution in [3.8, 4) is 28.4 Å². The van der Waals surface area contributed by atoms with Crippen LogP contribution in [0.25, 0.3) is 38.8 Å². The molecule has 1 aliphatic rings. The molecule has 4 heterocycles. The number of rotatable bonds is 6. The quantitative estimate of drug-likeness (QED) is 0.156. The third-order valence-corrected chi connectivity index (χ3v) is 9.95. The van der Waals surface area contributed by atoms with Crippen LogP contribution < -0.4 is 14.5 Å². The van der Waals surface area contributed by atoms with E-state index in [4.69, 9.17) is 14.7 Å². The van der Waals surface area contributed by atoms with Crippen LogP contribution >= 0.6 is 0 Å². The number of hydrogen-bond acceptors (Lipinski definition) is 5. The van der Waals surface area contributed by atoms with E-state index >= 15 is 0 Å². The number of ether oxygens (including phenoxy) is 1. The van der Waals surface area contributed by atoms with E-state index in [0.29, 0.717) is 11.5 Å². The predicted molar refractivity (Wildman–Crippen MR) is 216 cm³/mol. The second kappa shape index (κ2) is 13.9. The predicted octanol–water partition coefficient (Wildman–Crippen LogP) is 12.0. The molecule has 0 unspecified atom stereocenters. The third kappa shape index (κ3) is 6.25. The third-order valence-electron chi connectivity index (χ3n) is 9.95. The van der Waals surface area contributed by atoms with Gasteiger partial charge in [-0.15, -0.1) is 42.4 Å². The maximum absolute atomic E-state index is 6.53. The Hall–Kier alpha value is -5.71. The first kappa shape index (κ1) is 35.3. The van der Waals surface area contributed by atoms with Crippen molar-refractivity contribution in [3.05, 3.63) is 169 Å². The smallest absolute Gasteiger partial charge is 0.135 e. The summed E-state index contributed by atoms with van der Waals surface area (Å²) in [7, 11) is 0. The van der Waals surface area contributed by atoms with Crippen molar-refractivity contribution in [2.75, 3.05) is 9.80 Å². The molecule has 8 aromatic rings. The van der Waals surface area contributed by atoms with E-state index in [9.17, 15) is 0 Å². The van der Waals surface area contributed by atoms with Gasteiger partial charge >= 0.3 is 0 Å². The molecule has 0 saturated carbocycles. The number of aryl methyl sites for hydroxylation is 2. The fourth-order valence-electron chi connectivity index (χ4n) is 7.42. The Bertz CT molecular complexity index is 2640. The Morgan fingerprint density at radius 3 is 2.20 bits per heavy atom. The zero-order valence-corrected chi connectivity index (χ0v) is 33.0. The number of anilines is 4. The fourth-order valence-corrected chi connectivity index (χ4v) is 7.42. The number of para-hydroxylation sites is 1. The number of benzene rings is 5. The summed E-state index contributed by atoms with van der Waals surface area (Å²) in [4.78, 5) is 13.9. The van der Waals surface area contributed by atoms with Gasteiger partial charge in [0.1, 0.15) is 11.6 Å². The molecular formula is C47H38N5OPt-3. The van der Waals surface area contributed by atoms with E-state index in [1.807, 2.05) is 42.7 Å². The summed E-state index contributed by atoms with van der Waals surface area (Å²) in [5, 5.41) is 2.23. The van der Waals surface area contributed by atoms with Gasteiger partial charge in [0.2, 0.25) is 0 Å². The van der Waals surface area contributed by atoms with Crippen LogP contribution in [-0.4, -0.2) is 14.5 Å². The van der Waals surface area contributed by atoms with Crippen LogP contribution in [0.2, 0.25) is 0 Å². The van der Waals surface area contributed by atoms with Crippen molar-refractivity contribution in [2.24, 2.45) is 0 Å². The molecule has 0 bridgehead atoms.